The van der Waals surface area contributed by atoms with Crippen molar-refractivity contribution in [2.24, 2.45) is 0 Å². The summed E-state index contributed by atoms with van der Waals surface area (Å²) >= 11 is 0. The van der Waals surface area contributed by atoms with Crippen LogP contribution in [-0.4, -0.2) is 50.5 Å². The third-order valence-corrected chi connectivity index (χ3v) is 4.16. The Balaban J connectivity index is 1.85. The zero-order valence-electron chi connectivity index (χ0n) is 9.48. The number of carbonyl (C=O) groups is 1. The Bertz CT molecular complexity index is 364. The molecule has 0 amide bonds. The van der Waals surface area contributed by atoms with E-state index in [1.807, 2.05) is 0 Å². The summed E-state index contributed by atoms with van der Waals surface area (Å²) in [6.07, 6.45) is 4.62. The monoisotopic (exact) mass is 246 g/mol. The number of hydrogen-bond donors (Lipinski definition) is 1. The SMILES string of the molecule is CS(=O)(=O)NCCN1C2CCC1CC(=O)C2. The van der Waals surface area contributed by atoms with Crippen molar-refractivity contribution < 1.29 is 13.2 Å². The van der Waals surface area contributed by atoms with Gasteiger partial charge in [0.1, 0.15) is 5.78 Å². The minimum Gasteiger partial charge on any atom is -0.300 e. The second kappa shape index (κ2) is 4.43. The van der Waals surface area contributed by atoms with E-state index in [9.17, 15) is 13.2 Å². The molecule has 2 aliphatic heterocycles. The van der Waals surface area contributed by atoms with E-state index in [1.165, 1.54) is 6.26 Å². The Hall–Kier alpha value is -0.460. The smallest absolute Gasteiger partial charge is 0.208 e. The third-order valence-electron chi connectivity index (χ3n) is 3.43. The average molecular weight is 246 g/mol. The van der Waals surface area contributed by atoms with Crippen molar-refractivity contribution in [1.82, 2.24) is 9.62 Å². The Morgan fingerprint density at radius 3 is 2.38 bits per heavy atom. The lowest BCUT2D eigenvalue weighted by atomic mass is 10.0. The molecule has 5 nitrogen and oxygen atoms in total. The van der Waals surface area contributed by atoms with Crippen LogP contribution in [0.25, 0.3) is 0 Å². The van der Waals surface area contributed by atoms with Gasteiger partial charge in [0.15, 0.2) is 0 Å². The van der Waals surface area contributed by atoms with Gasteiger partial charge < -0.3 is 0 Å². The highest BCUT2D eigenvalue weighted by molar-refractivity contribution is 7.88. The van der Waals surface area contributed by atoms with Crippen molar-refractivity contribution in [2.75, 3.05) is 19.3 Å². The highest BCUT2D eigenvalue weighted by atomic mass is 32.2. The minimum absolute atomic E-state index is 0.354. The molecule has 92 valence electrons. The molecule has 2 atom stereocenters. The van der Waals surface area contributed by atoms with E-state index < -0.39 is 10.0 Å². The number of piperidine rings is 1. The fourth-order valence-electron chi connectivity index (χ4n) is 2.79. The summed E-state index contributed by atoms with van der Waals surface area (Å²) in [7, 11) is -3.09. The van der Waals surface area contributed by atoms with Crippen molar-refractivity contribution in [1.29, 1.82) is 0 Å². The molecular formula is C10H18N2O3S. The van der Waals surface area contributed by atoms with Crippen molar-refractivity contribution in [3.8, 4) is 0 Å². The number of nitrogens with zero attached hydrogens (tertiary/aromatic N) is 1. The second-order valence-electron chi connectivity index (χ2n) is 4.74. The third kappa shape index (κ3) is 2.81. The number of fused-ring (bicyclic) bond motifs is 2. The van der Waals surface area contributed by atoms with E-state index in [-0.39, 0.29) is 0 Å². The summed E-state index contributed by atoms with van der Waals surface area (Å²) < 4.78 is 24.3. The Morgan fingerprint density at radius 1 is 1.31 bits per heavy atom. The number of ketones is 1. The van der Waals surface area contributed by atoms with Gasteiger partial charge in [0.2, 0.25) is 10.0 Å². The van der Waals surface area contributed by atoms with Gasteiger partial charge in [-0.05, 0) is 12.8 Å². The fourth-order valence-corrected chi connectivity index (χ4v) is 3.25. The number of carbonyl (C=O) groups excluding carboxylic acids is 1. The van der Waals surface area contributed by atoms with E-state index in [1.54, 1.807) is 0 Å². The van der Waals surface area contributed by atoms with Gasteiger partial charge in [-0.25, -0.2) is 13.1 Å². The molecule has 0 saturated carbocycles. The predicted octanol–water partition coefficient (Wildman–Crippen LogP) is -0.268. The summed E-state index contributed by atoms with van der Waals surface area (Å²) in [6, 6.07) is 0.709. The zero-order valence-corrected chi connectivity index (χ0v) is 10.3. The first-order chi connectivity index (χ1) is 7.46. The molecule has 2 fully saturated rings. The standard InChI is InChI=1S/C10H18N2O3S/c1-16(14,15)11-4-5-12-8-2-3-9(12)7-10(13)6-8/h8-9,11H,2-7H2,1H3. The highest BCUT2D eigenvalue weighted by Gasteiger charge is 2.39. The van der Waals surface area contributed by atoms with Crippen molar-refractivity contribution in [3.05, 3.63) is 0 Å². The lowest BCUT2D eigenvalue weighted by Crippen LogP contribution is -2.46. The molecule has 0 spiro atoms. The first kappa shape index (κ1) is 12.0. The quantitative estimate of drug-likeness (QED) is 0.741. The van der Waals surface area contributed by atoms with Crippen LogP contribution in [0.4, 0.5) is 0 Å². The van der Waals surface area contributed by atoms with Gasteiger partial charge in [-0.2, -0.15) is 0 Å². The minimum atomic E-state index is -3.09. The molecule has 2 aliphatic rings. The van der Waals surface area contributed by atoms with Crippen LogP contribution in [0.15, 0.2) is 0 Å². The van der Waals surface area contributed by atoms with Gasteiger partial charge >= 0.3 is 0 Å². The van der Waals surface area contributed by atoms with Gasteiger partial charge in [-0.15, -0.1) is 0 Å². The molecule has 1 N–H and O–H groups in total. The number of sulfonamides is 1. The van der Waals surface area contributed by atoms with Crippen LogP contribution in [0.2, 0.25) is 0 Å². The average Bonchev–Trinajstić information content (AvgIpc) is 2.41. The van der Waals surface area contributed by atoms with Crippen LogP contribution in [0.3, 0.4) is 0 Å². The van der Waals surface area contributed by atoms with Crippen molar-refractivity contribution in [2.45, 2.75) is 37.8 Å². The molecule has 2 heterocycles. The largest absolute Gasteiger partial charge is 0.300 e. The van der Waals surface area contributed by atoms with E-state index >= 15 is 0 Å². The number of hydrogen-bond acceptors (Lipinski definition) is 4. The fraction of sp³-hybridized carbons (Fsp3) is 0.900. The van der Waals surface area contributed by atoms with Crippen LogP contribution in [0.5, 0.6) is 0 Å². The first-order valence-corrected chi connectivity index (χ1v) is 7.57. The van der Waals surface area contributed by atoms with Gasteiger partial charge in [-0.1, -0.05) is 0 Å². The summed E-state index contributed by atoms with van der Waals surface area (Å²) in [5.74, 6) is 0.361. The molecule has 0 aliphatic carbocycles. The topological polar surface area (TPSA) is 66.5 Å². The zero-order chi connectivity index (χ0) is 11.8. The summed E-state index contributed by atoms with van der Waals surface area (Å²) in [4.78, 5) is 13.7. The molecule has 6 heteroatoms. The molecule has 0 radical (unpaired) electrons. The molecule has 0 aromatic carbocycles. The van der Waals surface area contributed by atoms with E-state index in [0.717, 1.165) is 19.4 Å². The normalized spacial score (nSPS) is 30.9. The maximum atomic E-state index is 11.4. The Labute approximate surface area is 96.2 Å². The van der Waals surface area contributed by atoms with Gasteiger partial charge in [-0.3, -0.25) is 9.69 Å². The lowest BCUT2D eigenvalue weighted by Gasteiger charge is -2.33. The van der Waals surface area contributed by atoms with E-state index in [4.69, 9.17) is 0 Å². The molecule has 0 aromatic rings. The molecule has 2 bridgehead atoms. The van der Waals surface area contributed by atoms with Crippen LogP contribution in [-0.2, 0) is 14.8 Å². The first-order valence-electron chi connectivity index (χ1n) is 5.68. The maximum Gasteiger partial charge on any atom is 0.208 e. The lowest BCUT2D eigenvalue weighted by molar-refractivity contribution is -0.123. The molecule has 0 aromatic heterocycles. The number of nitrogens with one attached hydrogen (secondary N) is 1. The maximum absolute atomic E-state index is 11.4. The van der Waals surface area contributed by atoms with Crippen LogP contribution in [0.1, 0.15) is 25.7 Å². The van der Waals surface area contributed by atoms with Gasteiger partial charge in [0, 0.05) is 38.0 Å². The van der Waals surface area contributed by atoms with Gasteiger partial charge in [0.05, 0.1) is 6.26 Å². The summed E-state index contributed by atoms with van der Waals surface area (Å²) in [6.45, 7) is 1.16. The molecule has 2 rings (SSSR count). The number of Topliss-reactive ketones (excluding diaryl/α,β-unsaturated/α-hetero) is 1. The molecular weight excluding hydrogens is 228 g/mol. The van der Waals surface area contributed by atoms with Crippen LogP contribution >= 0.6 is 0 Å². The van der Waals surface area contributed by atoms with E-state index in [0.29, 0.717) is 37.3 Å². The summed E-state index contributed by atoms with van der Waals surface area (Å²) in [5, 5.41) is 0. The van der Waals surface area contributed by atoms with E-state index in [2.05, 4.69) is 9.62 Å². The highest BCUT2D eigenvalue weighted by Crippen LogP contribution is 2.33. The Kier molecular flexibility index (Phi) is 3.32. The molecule has 2 saturated heterocycles. The van der Waals surface area contributed by atoms with Crippen molar-refractivity contribution >= 4 is 15.8 Å². The second-order valence-corrected chi connectivity index (χ2v) is 6.57. The number of rotatable bonds is 4. The van der Waals surface area contributed by atoms with Crippen molar-refractivity contribution in [3.63, 3.8) is 0 Å². The van der Waals surface area contributed by atoms with Crippen LogP contribution in [0, 0.1) is 0 Å². The molecule has 2 unspecified atom stereocenters. The predicted molar refractivity (Wildman–Crippen MR) is 60.6 cm³/mol. The van der Waals surface area contributed by atoms with Gasteiger partial charge in [0.25, 0.3) is 0 Å². The van der Waals surface area contributed by atoms with Crippen LogP contribution < -0.4 is 4.72 Å². The Morgan fingerprint density at radius 2 is 1.88 bits per heavy atom. The molecule has 16 heavy (non-hydrogen) atoms. The summed E-state index contributed by atoms with van der Waals surface area (Å²) in [5.41, 5.74) is 0.